The van der Waals surface area contributed by atoms with E-state index in [0.717, 1.165) is 28.7 Å². The van der Waals surface area contributed by atoms with Crippen LogP contribution in [0.25, 0.3) is 10.9 Å². The Bertz CT molecular complexity index is 709. The predicted molar refractivity (Wildman–Crippen MR) is 111 cm³/mol. The summed E-state index contributed by atoms with van der Waals surface area (Å²) in [4.78, 5) is 10.6. The fourth-order valence-corrected chi connectivity index (χ4v) is 4.57. The third-order valence-corrected chi connectivity index (χ3v) is 5.99. The highest BCUT2D eigenvalue weighted by molar-refractivity contribution is 5.82. The average Bonchev–Trinajstić information content (AvgIpc) is 2.99. The molecule has 4 heteroatoms. The second kappa shape index (κ2) is 9.93. The number of hydrogen-bond donors (Lipinski definition) is 2. The minimum absolute atomic E-state index is 0.0271. The molecule has 148 valence electrons. The second-order valence-corrected chi connectivity index (χ2v) is 8.16. The largest absolute Gasteiger partial charge is 0.480 e. The highest BCUT2D eigenvalue weighted by Gasteiger charge is 2.19. The SMILES string of the molecule is C1CCC(NC2CCCCC2)CC1.Cc1cc2ccccc2n1CC(=O)O. The number of carbonyl (C=O) groups is 1. The topological polar surface area (TPSA) is 54.3 Å². The molecular formula is C23H34N2O2. The summed E-state index contributed by atoms with van der Waals surface area (Å²) in [6.45, 7) is 1.95. The summed E-state index contributed by atoms with van der Waals surface area (Å²) in [6.07, 6.45) is 14.6. The Labute approximate surface area is 163 Å². The van der Waals surface area contributed by atoms with Crippen LogP contribution in [-0.2, 0) is 11.3 Å². The van der Waals surface area contributed by atoms with E-state index in [4.69, 9.17) is 5.11 Å². The summed E-state index contributed by atoms with van der Waals surface area (Å²) in [5.74, 6) is -0.811. The van der Waals surface area contributed by atoms with Crippen LogP contribution in [0.1, 0.15) is 69.9 Å². The number of carboxylic acids is 1. The van der Waals surface area contributed by atoms with Gasteiger partial charge in [-0.3, -0.25) is 4.79 Å². The van der Waals surface area contributed by atoms with Gasteiger partial charge in [-0.15, -0.1) is 0 Å². The fraction of sp³-hybridized carbons (Fsp3) is 0.609. The van der Waals surface area contributed by atoms with Gasteiger partial charge in [-0.1, -0.05) is 56.7 Å². The molecule has 0 unspecified atom stereocenters. The molecule has 0 bridgehead atoms. The molecule has 0 spiro atoms. The number of rotatable bonds is 4. The molecule has 1 heterocycles. The Hall–Kier alpha value is -1.81. The standard InChI is InChI=1S/C12H23N.C11H11NO2/c1-3-7-11(8-4-1)13-12-9-5-2-6-10-12;1-8-6-9-4-2-3-5-10(9)12(8)7-11(13)14/h11-13H,1-10H2;2-6H,7H2,1H3,(H,13,14). The molecule has 2 aromatic rings. The molecule has 4 rings (SSSR count). The van der Waals surface area contributed by atoms with Gasteiger partial charge in [-0.25, -0.2) is 0 Å². The van der Waals surface area contributed by atoms with Crippen LogP contribution < -0.4 is 5.32 Å². The minimum atomic E-state index is -0.811. The molecular weight excluding hydrogens is 336 g/mol. The average molecular weight is 371 g/mol. The lowest BCUT2D eigenvalue weighted by molar-refractivity contribution is -0.137. The first-order valence-electron chi connectivity index (χ1n) is 10.7. The maximum Gasteiger partial charge on any atom is 0.323 e. The monoisotopic (exact) mass is 370 g/mol. The lowest BCUT2D eigenvalue weighted by Crippen LogP contribution is -2.40. The lowest BCUT2D eigenvalue weighted by atomic mass is 9.91. The third-order valence-electron chi connectivity index (χ3n) is 5.99. The van der Waals surface area contributed by atoms with Crippen molar-refractivity contribution in [2.24, 2.45) is 0 Å². The van der Waals surface area contributed by atoms with Gasteiger partial charge in [0.25, 0.3) is 0 Å². The summed E-state index contributed by atoms with van der Waals surface area (Å²) in [6, 6.07) is 11.5. The van der Waals surface area contributed by atoms with Crippen LogP contribution in [0.2, 0.25) is 0 Å². The second-order valence-electron chi connectivity index (χ2n) is 8.16. The van der Waals surface area contributed by atoms with E-state index in [0.29, 0.717) is 0 Å². The zero-order valence-electron chi connectivity index (χ0n) is 16.6. The fourth-order valence-electron chi connectivity index (χ4n) is 4.57. The molecule has 0 aliphatic heterocycles. The van der Waals surface area contributed by atoms with Crippen molar-refractivity contribution in [3.63, 3.8) is 0 Å². The van der Waals surface area contributed by atoms with Gasteiger partial charge in [0.1, 0.15) is 6.54 Å². The zero-order valence-corrected chi connectivity index (χ0v) is 16.6. The smallest absolute Gasteiger partial charge is 0.323 e. The molecule has 27 heavy (non-hydrogen) atoms. The first-order chi connectivity index (χ1) is 13.1. The van der Waals surface area contributed by atoms with E-state index in [2.05, 4.69) is 5.32 Å². The predicted octanol–water partition coefficient (Wildman–Crippen LogP) is 5.28. The van der Waals surface area contributed by atoms with Gasteiger partial charge < -0.3 is 15.0 Å². The van der Waals surface area contributed by atoms with Crippen LogP contribution in [-0.4, -0.2) is 27.7 Å². The molecule has 0 atom stereocenters. The van der Waals surface area contributed by atoms with Crippen LogP contribution >= 0.6 is 0 Å². The number of para-hydroxylation sites is 1. The number of nitrogens with one attached hydrogen (secondary N) is 1. The Balaban J connectivity index is 0.000000156. The lowest BCUT2D eigenvalue weighted by Gasteiger charge is -2.30. The molecule has 0 amide bonds. The minimum Gasteiger partial charge on any atom is -0.480 e. The summed E-state index contributed by atoms with van der Waals surface area (Å²) in [5.41, 5.74) is 1.96. The van der Waals surface area contributed by atoms with Gasteiger partial charge in [0, 0.05) is 23.3 Å². The van der Waals surface area contributed by atoms with E-state index in [1.165, 1.54) is 64.2 Å². The molecule has 2 fully saturated rings. The van der Waals surface area contributed by atoms with Crippen molar-refractivity contribution in [2.45, 2.75) is 89.8 Å². The number of fused-ring (bicyclic) bond motifs is 1. The van der Waals surface area contributed by atoms with Gasteiger partial charge in [-0.2, -0.15) is 0 Å². The molecule has 2 N–H and O–H groups in total. The van der Waals surface area contributed by atoms with Crippen LogP contribution in [0.4, 0.5) is 0 Å². The highest BCUT2D eigenvalue weighted by atomic mass is 16.4. The first kappa shape index (κ1) is 19.9. The first-order valence-corrected chi connectivity index (χ1v) is 10.7. The van der Waals surface area contributed by atoms with Crippen molar-refractivity contribution in [3.8, 4) is 0 Å². The van der Waals surface area contributed by atoms with Crippen molar-refractivity contribution in [1.82, 2.24) is 9.88 Å². The number of carboxylic acid groups (broad SMARTS) is 1. The van der Waals surface area contributed by atoms with E-state index in [1.54, 1.807) is 4.57 Å². The van der Waals surface area contributed by atoms with Gasteiger partial charge in [0.05, 0.1) is 0 Å². The Morgan fingerprint density at radius 2 is 1.56 bits per heavy atom. The Morgan fingerprint density at radius 1 is 1.00 bits per heavy atom. The van der Waals surface area contributed by atoms with Gasteiger partial charge in [0.2, 0.25) is 0 Å². The summed E-state index contributed by atoms with van der Waals surface area (Å²) < 4.78 is 1.80. The van der Waals surface area contributed by atoms with E-state index < -0.39 is 5.97 Å². The molecule has 2 saturated carbocycles. The van der Waals surface area contributed by atoms with Crippen LogP contribution in [0.3, 0.4) is 0 Å². The third kappa shape index (κ3) is 5.83. The molecule has 2 aliphatic carbocycles. The maximum absolute atomic E-state index is 10.6. The number of aryl methyl sites for hydroxylation is 1. The highest BCUT2D eigenvalue weighted by Crippen LogP contribution is 2.22. The van der Waals surface area contributed by atoms with Crippen LogP contribution in [0.5, 0.6) is 0 Å². The number of benzene rings is 1. The molecule has 1 aromatic heterocycles. The van der Waals surface area contributed by atoms with E-state index in [9.17, 15) is 4.79 Å². The molecule has 1 aromatic carbocycles. The Morgan fingerprint density at radius 3 is 2.11 bits per heavy atom. The maximum atomic E-state index is 10.6. The van der Waals surface area contributed by atoms with Gasteiger partial charge in [-0.05, 0) is 50.1 Å². The van der Waals surface area contributed by atoms with Crippen molar-refractivity contribution in [3.05, 3.63) is 36.0 Å². The Kier molecular flexibility index (Phi) is 7.33. The van der Waals surface area contributed by atoms with E-state index in [-0.39, 0.29) is 6.54 Å². The number of aromatic nitrogens is 1. The zero-order chi connectivity index (χ0) is 19.1. The normalized spacial score (nSPS) is 18.9. The molecule has 4 nitrogen and oxygen atoms in total. The van der Waals surface area contributed by atoms with Crippen LogP contribution in [0, 0.1) is 6.92 Å². The molecule has 0 saturated heterocycles. The van der Waals surface area contributed by atoms with Gasteiger partial charge >= 0.3 is 5.97 Å². The summed E-state index contributed by atoms with van der Waals surface area (Å²) in [5, 5.41) is 13.7. The van der Waals surface area contributed by atoms with E-state index in [1.807, 2.05) is 37.3 Å². The number of hydrogen-bond acceptors (Lipinski definition) is 2. The summed E-state index contributed by atoms with van der Waals surface area (Å²) in [7, 11) is 0. The van der Waals surface area contributed by atoms with Crippen LogP contribution in [0.15, 0.2) is 30.3 Å². The summed E-state index contributed by atoms with van der Waals surface area (Å²) >= 11 is 0. The molecule has 2 aliphatic rings. The van der Waals surface area contributed by atoms with E-state index >= 15 is 0 Å². The molecule has 0 radical (unpaired) electrons. The number of aliphatic carboxylic acids is 1. The number of nitrogens with zero attached hydrogens (tertiary/aromatic N) is 1. The van der Waals surface area contributed by atoms with Crippen molar-refractivity contribution >= 4 is 16.9 Å². The quantitative estimate of drug-likeness (QED) is 0.770. The van der Waals surface area contributed by atoms with Gasteiger partial charge in [0.15, 0.2) is 0 Å². The van der Waals surface area contributed by atoms with Crippen molar-refractivity contribution in [2.75, 3.05) is 0 Å². The van der Waals surface area contributed by atoms with Crippen molar-refractivity contribution < 1.29 is 9.90 Å². The van der Waals surface area contributed by atoms with Crippen molar-refractivity contribution in [1.29, 1.82) is 0 Å².